The Labute approximate surface area is 119 Å². The summed E-state index contributed by atoms with van der Waals surface area (Å²) in [6.07, 6.45) is 1.20. The molecule has 1 atom stereocenters. The lowest BCUT2D eigenvalue weighted by atomic mass is 10.1. The van der Waals surface area contributed by atoms with Crippen LogP contribution in [0.3, 0.4) is 0 Å². The molecule has 0 aromatic heterocycles. The maximum absolute atomic E-state index is 12.4. The van der Waals surface area contributed by atoms with Gasteiger partial charge in [-0.15, -0.1) is 0 Å². The van der Waals surface area contributed by atoms with Gasteiger partial charge in [-0.05, 0) is 24.6 Å². The smallest absolute Gasteiger partial charge is 0.254 e. The lowest BCUT2D eigenvalue weighted by molar-refractivity contribution is 0.0656. The SMILES string of the molecule is C[C@H]1CNCCN1C(=O)c1ccc(CS(C)(=O)=O)cc1. The minimum atomic E-state index is -3.04. The summed E-state index contributed by atoms with van der Waals surface area (Å²) in [5.74, 6) is 0.0100. The average Bonchev–Trinajstić information content (AvgIpc) is 2.37. The maximum atomic E-state index is 12.4. The van der Waals surface area contributed by atoms with E-state index in [4.69, 9.17) is 0 Å². The number of benzene rings is 1. The van der Waals surface area contributed by atoms with Gasteiger partial charge in [0.05, 0.1) is 5.75 Å². The molecule has 1 saturated heterocycles. The second-order valence-electron chi connectivity index (χ2n) is 5.32. The van der Waals surface area contributed by atoms with Crippen LogP contribution in [0.25, 0.3) is 0 Å². The van der Waals surface area contributed by atoms with Crippen molar-refractivity contribution in [3.8, 4) is 0 Å². The standard InChI is InChI=1S/C14H20N2O3S/c1-11-9-15-7-8-16(11)14(17)13-5-3-12(4-6-13)10-20(2,18)19/h3-6,11,15H,7-10H2,1-2H3/t11-/m0/s1. The van der Waals surface area contributed by atoms with Crippen LogP contribution in [0.15, 0.2) is 24.3 Å². The molecule has 1 N–H and O–H groups in total. The van der Waals surface area contributed by atoms with Gasteiger partial charge in [0, 0.05) is 37.5 Å². The highest BCUT2D eigenvalue weighted by atomic mass is 32.2. The largest absolute Gasteiger partial charge is 0.333 e. The normalized spacial score (nSPS) is 19.9. The van der Waals surface area contributed by atoms with E-state index in [1.807, 2.05) is 11.8 Å². The van der Waals surface area contributed by atoms with Gasteiger partial charge in [-0.1, -0.05) is 12.1 Å². The summed E-state index contributed by atoms with van der Waals surface area (Å²) in [6, 6.07) is 7.00. The number of hydrogen-bond acceptors (Lipinski definition) is 4. The first-order valence-electron chi connectivity index (χ1n) is 6.65. The molecule has 1 fully saturated rings. The van der Waals surface area contributed by atoms with E-state index in [-0.39, 0.29) is 17.7 Å². The topological polar surface area (TPSA) is 66.5 Å². The zero-order chi connectivity index (χ0) is 14.8. The third-order valence-corrected chi connectivity index (χ3v) is 4.25. The molecule has 0 bridgehead atoms. The number of nitrogens with zero attached hydrogens (tertiary/aromatic N) is 1. The van der Waals surface area contributed by atoms with E-state index < -0.39 is 9.84 Å². The predicted molar refractivity (Wildman–Crippen MR) is 78.4 cm³/mol. The van der Waals surface area contributed by atoms with Gasteiger partial charge in [0.1, 0.15) is 0 Å². The van der Waals surface area contributed by atoms with E-state index in [1.54, 1.807) is 24.3 Å². The molecule has 20 heavy (non-hydrogen) atoms. The van der Waals surface area contributed by atoms with Crippen LogP contribution in [0.2, 0.25) is 0 Å². The zero-order valence-electron chi connectivity index (χ0n) is 11.8. The average molecular weight is 296 g/mol. The summed E-state index contributed by atoms with van der Waals surface area (Å²) in [7, 11) is -3.04. The first-order chi connectivity index (χ1) is 9.37. The molecule has 0 radical (unpaired) electrons. The Morgan fingerprint density at radius 2 is 2.00 bits per heavy atom. The first-order valence-corrected chi connectivity index (χ1v) is 8.71. The second-order valence-corrected chi connectivity index (χ2v) is 7.46. The predicted octanol–water partition coefficient (Wildman–Crippen LogP) is 0.665. The van der Waals surface area contributed by atoms with Crippen molar-refractivity contribution in [1.82, 2.24) is 10.2 Å². The number of hydrogen-bond donors (Lipinski definition) is 1. The summed E-state index contributed by atoms with van der Waals surface area (Å²) in [5.41, 5.74) is 1.31. The fourth-order valence-electron chi connectivity index (χ4n) is 2.35. The van der Waals surface area contributed by atoms with Crippen molar-refractivity contribution in [3.63, 3.8) is 0 Å². The highest BCUT2D eigenvalue weighted by Crippen LogP contribution is 2.13. The van der Waals surface area contributed by atoms with Crippen LogP contribution in [-0.2, 0) is 15.6 Å². The number of amides is 1. The molecule has 1 aliphatic rings. The number of carbonyl (C=O) groups is 1. The molecule has 1 aromatic rings. The van der Waals surface area contributed by atoms with E-state index in [9.17, 15) is 13.2 Å². The molecule has 1 aromatic carbocycles. The Hall–Kier alpha value is -1.40. The van der Waals surface area contributed by atoms with Crippen LogP contribution < -0.4 is 5.32 Å². The zero-order valence-corrected chi connectivity index (χ0v) is 12.6. The van der Waals surface area contributed by atoms with Crippen LogP contribution in [0.4, 0.5) is 0 Å². The highest BCUT2D eigenvalue weighted by molar-refractivity contribution is 7.89. The van der Waals surface area contributed by atoms with E-state index in [1.165, 1.54) is 6.26 Å². The highest BCUT2D eigenvalue weighted by Gasteiger charge is 2.23. The monoisotopic (exact) mass is 296 g/mol. The second kappa shape index (κ2) is 5.93. The molecule has 0 saturated carbocycles. The molecular formula is C14H20N2O3S. The molecule has 0 aliphatic carbocycles. The van der Waals surface area contributed by atoms with Gasteiger partial charge < -0.3 is 10.2 Å². The molecule has 2 rings (SSSR count). The van der Waals surface area contributed by atoms with Crippen LogP contribution in [0.1, 0.15) is 22.8 Å². The van der Waals surface area contributed by atoms with Crippen molar-refractivity contribution in [1.29, 1.82) is 0 Å². The van der Waals surface area contributed by atoms with Crippen molar-refractivity contribution in [2.45, 2.75) is 18.7 Å². The Bertz CT molecular complexity index is 581. The molecule has 6 heteroatoms. The summed E-state index contributed by atoms with van der Waals surface area (Å²) >= 11 is 0. The van der Waals surface area contributed by atoms with Crippen molar-refractivity contribution in [2.24, 2.45) is 0 Å². The molecule has 5 nitrogen and oxygen atoms in total. The van der Waals surface area contributed by atoms with Gasteiger partial charge >= 0.3 is 0 Å². The minimum absolute atomic E-state index is 0.00454. The maximum Gasteiger partial charge on any atom is 0.254 e. The van der Waals surface area contributed by atoms with Gasteiger partial charge in [0.15, 0.2) is 9.84 Å². The number of rotatable bonds is 3. The first kappa shape index (κ1) is 15.0. The summed E-state index contributed by atoms with van der Waals surface area (Å²) in [5, 5.41) is 3.25. The Balaban J connectivity index is 2.11. The minimum Gasteiger partial charge on any atom is -0.333 e. The lowest BCUT2D eigenvalue weighted by Crippen LogP contribution is -2.52. The third-order valence-electron chi connectivity index (χ3n) is 3.39. The summed E-state index contributed by atoms with van der Waals surface area (Å²) < 4.78 is 22.5. The van der Waals surface area contributed by atoms with E-state index in [2.05, 4.69) is 5.32 Å². The Morgan fingerprint density at radius 1 is 1.35 bits per heavy atom. The van der Waals surface area contributed by atoms with Crippen LogP contribution >= 0.6 is 0 Å². The van der Waals surface area contributed by atoms with Gasteiger partial charge in [0.25, 0.3) is 5.91 Å². The third kappa shape index (κ3) is 3.80. The molecule has 1 aliphatic heterocycles. The lowest BCUT2D eigenvalue weighted by Gasteiger charge is -2.34. The van der Waals surface area contributed by atoms with Crippen LogP contribution in [0.5, 0.6) is 0 Å². The number of nitrogens with one attached hydrogen (secondary N) is 1. The van der Waals surface area contributed by atoms with E-state index >= 15 is 0 Å². The molecule has 0 unspecified atom stereocenters. The summed E-state index contributed by atoms with van der Waals surface area (Å²) in [4.78, 5) is 14.2. The van der Waals surface area contributed by atoms with Crippen LogP contribution in [0, 0.1) is 0 Å². The molecule has 1 heterocycles. The number of carbonyl (C=O) groups excluding carboxylic acids is 1. The fraction of sp³-hybridized carbons (Fsp3) is 0.500. The van der Waals surface area contributed by atoms with Gasteiger partial charge in [-0.25, -0.2) is 8.42 Å². The van der Waals surface area contributed by atoms with Crippen molar-refractivity contribution >= 4 is 15.7 Å². The van der Waals surface area contributed by atoms with E-state index in [0.717, 1.165) is 13.1 Å². The van der Waals surface area contributed by atoms with Crippen molar-refractivity contribution < 1.29 is 13.2 Å². The Morgan fingerprint density at radius 3 is 2.55 bits per heavy atom. The quantitative estimate of drug-likeness (QED) is 0.890. The fourth-order valence-corrected chi connectivity index (χ4v) is 3.15. The van der Waals surface area contributed by atoms with Crippen molar-refractivity contribution in [3.05, 3.63) is 35.4 Å². The number of piperazine rings is 1. The van der Waals surface area contributed by atoms with Gasteiger partial charge in [0.2, 0.25) is 0 Å². The van der Waals surface area contributed by atoms with Crippen molar-refractivity contribution in [2.75, 3.05) is 25.9 Å². The van der Waals surface area contributed by atoms with Crippen LogP contribution in [-0.4, -0.2) is 51.2 Å². The molecule has 1 amide bonds. The van der Waals surface area contributed by atoms with E-state index in [0.29, 0.717) is 17.7 Å². The van der Waals surface area contributed by atoms with Gasteiger partial charge in [-0.2, -0.15) is 0 Å². The molecule has 110 valence electrons. The van der Waals surface area contributed by atoms with Gasteiger partial charge in [-0.3, -0.25) is 4.79 Å². The molecular weight excluding hydrogens is 276 g/mol. The Kier molecular flexibility index (Phi) is 4.45. The summed E-state index contributed by atoms with van der Waals surface area (Å²) in [6.45, 7) is 4.33. The number of sulfone groups is 1. The molecule has 0 spiro atoms.